The monoisotopic (exact) mass is 235 g/mol. The molecule has 1 heterocycles. The highest BCUT2D eigenvalue weighted by Crippen LogP contribution is 2.25. The van der Waals surface area contributed by atoms with Gasteiger partial charge in [-0.3, -0.25) is 4.79 Å². The van der Waals surface area contributed by atoms with Crippen molar-refractivity contribution in [1.82, 2.24) is 0 Å². The van der Waals surface area contributed by atoms with Crippen LogP contribution in [0.1, 0.15) is 17.3 Å². The molecular formula is C12H17N3O2. The highest BCUT2D eigenvalue weighted by atomic mass is 16.5. The minimum atomic E-state index is -0.460. The number of ether oxygens (including phenoxy) is 1. The first kappa shape index (κ1) is 11.7. The predicted octanol–water partition coefficient (Wildman–Crippen LogP) is 0.593. The summed E-state index contributed by atoms with van der Waals surface area (Å²) < 4.78 is 5.47. The number of nitrogens with zero attached hydrogens (tertiary/aromatic N) is 1. The zero-order chi connectivity index (χ0) is 12.4. The van der Waals surface area contributed by atoms with E-state index in [9.17, 15) is 4.79 Å². The zero-order valence-electron chi connectivity index (χ0n) is 9.85. The molecule has 1 aromatic rings. The molecule has 0 aliphatic carbocycles. The maximum atomic E-state index is 11.0. The van der Waals surface area contributed by atoms with Crippen LogP contribution in [0.3, 0.4) is 0 Å². The number of hydrogen-bond acceptors (Lipinski definition) is 4. The van der Waals surface area contributed by atoms with Gasteiger partial charge in [-0.15, -0.1) is 0 Å². The molecule has 0 aromatic heterocycles. The lowest BCUT2D eigenvalue weighted by atomic mass is 10.1. The number of carbonyl (C=O) groups is 1. The number of benzene rings is 1. The Labute approximate surface area is 100 Å². The summed E-state index contributed by atoms with van der Waals surface area (Å²) >= 11 is 0. The van der Waals surface area contributed by atoms with Crippen LogP contribution in [-0.2, 0) is 4.74 Å². The third kappa shape index (κ3) is 2.50. The summed E-state index contributed by atoms with van der Waals surface area (Å²) in [6, 6.07) is 5.17. The van der Waals surface area contributed by atoms with Gasteiger partial charge < -0.3 is 21.1 Å². The molecule has 5 nitrogen and oxygen atoms in total. The van der Waals surface area contributed by atoms with E-state index in [0.717, 1.165) is 18.8 Å². The van der Waals surface area contributed by atoms with Gasteiger partial charge in [0, 0.05) is 18.7 Å². The first-order chi connectivity index (χ1) is 8.08. The lowest BCUT2D eigenvalue weighted by Gasteiger charge is -2.33. The van der Waals surface area contributed by atoms with Gasteiger partial charge in [-0.05, 0) is 25.1 Å². The zero-order valence-corrected chi connectivity index (χ0v) is 9.85. The Bertz CT molecular complexity index is 434. The van der Waals surface area contributed by atoms with E-state index < -0.39 is 5.91 Å². The van der Waals surface area contributed by atoms with Gasteiger partial charge in [-0.25, -0.2) is 0 Å². The average Bonchev–Trinajstić information content (AvgIpc) is 2.28. The van der Waals surface area contributed by atoms with Crippen LogP contribution in [0.15, 0.2) is 18.2 Å². The van der Waals surface area contributed by atoms with Crippen molar-refractivity contribution < 1.29 is 9.53 Å². The molecule has 1 atom stereocenters. The second-order valence-corrected chi connectivity index (χ2v) is 4.27. The third-order valence-electron chi connectivity index (χ3n) is 2.89. The molecule has 92 valence electrons. The molecule has 1 aliphatic heterocycles. The van der Waals surface area contributed by atoms with Gasteiger partial charge in [-0.1, -0.05) is 0 Å². The Morgan fingerprint density at radius 1 is 1.53 bits per heavy atom. The third-order valence-corrected chi connectivity index (χ3v) is 2.89. The van der Waals surface area contributed by atoms with E-state index in [1.807, 2.05) is 13.0 Å². The Hall–Kier alpha value is -1.75. The molecule has 0 saturated carbocycles. The van der Waals surface area contributed by atoms with Crippen LogP contribution in [0.5, 0.6) is 0 Å². The first-order valence-corrected chi connectivity index (χ1v) is 5.64. The van der Waals surface area contributed by atoms with Crippen molar-refractivity contribution in [3.8, 4) is 0 Å². The standard InChI is InChI=1S/C12H17N3O2/c1-8-7-15(4-5-17-8)11-3-2-9(12(14)16)6-10(11)13/h2-3,6,8H,4-5,7,13H2,1H3,(H2,14,16). The number of amides is 1. The summed E-state index contributed by atoms with van der Waals surface area (Å²) in [6.07, 6.45) is 0.193. The molecule has 1 fully saturated rings. The summed E-state index contributed by atoms with van der Waals surface area (Å²) in [5.41, 5.74) is 13.1. The fourth-order valence-electron chi connectivity index (χ4n) is 2.03. The van der Waals surface area contributed by atoms with Gasteiger partial charge in [-0.2, -0.15) is 0 Å². The number of carbonyl (C=O) groups excluding carboxylic acids is 1. The van der Waals surface area contributed by atoms with E-state index in [1.165, 1.54) is 0 Å². The number of nitrogen functional groups attached to an aromatic ring is 1. The van der Waals surface area contributed by atoms with Crippen molar-refractivity contribution in [2.24, 2.45) is 5.73 Å². The quantitative estimate of drug-likeness (QED) is 0.735. The Morgan fingerprint density at radius 2 is 2.29 bits per heavy atom. The van der Waals surface area contributed by atoms with Crippen LogP contribution in [0.2, 0.25) is 0 Å². The molecule has 4 N–H and O–H groups in total. The topological polar surface area (TPSA) is 81.6 Å². The number of morpholine rings is 1. The maximum absolute atomic E-state index is 11.0. The smallest absolute Gasteiger partial charge is 0.248 e. The van der Waals surface area contributed by atoms with Crippen molar-refractivity contribution in [1.29, 1.82) is 0 Å². The molecule has 17 heavy (non-hydrogen) atoms. The number of nitrogens with two attached hydrogens (primary N) is 2. The van der Waals surface area contributed by atoms with Gasteiger partial charge in [0.2, 0.25) is 5.91 Å². The van der Waals surface area contributed by atoms with Crippen LogP contribution in [-0.4, -0.2) is 31.7 Å². The maximum Gasteiger partial charge on any atom is 0.248 e. The van der Waals surface area contributed by atoms with Crippen molar-refractivity contribution in [2.75, 3.05) is 30.3 Å². The van der Waals surface area contributed by atoms with Gasteiger partial charge in [0.25, 0.3) is 0 Å². The number of anilines is 2. The molecule has 0 bridgehead atoms. The average molecular weight is 235 g/mol. The van der Waals surface area contributed by atoms with Gasteiger partial charge in [0.1, 0.15) is 0 Å². The lowest BCUT2D eigenvalue weighted by molar-refractivity contribution is 0.0533. The van der Waals surface area contributed by atoms with Gasteiger partial charge in [0.05, 0.1) is 24.1 Å². The fourth-order valence-corrected chi connectivity index (χ4v) is 2.03. The minimum Gasteiger partial charge on any atom is -0.397 e. The summed E-state index contributed by atoms with van der Waals surface area (Å²) in [4.78, 5) is 13.2. The molecule has 0 radical (unpaired) electrons. The second kappa shape index (κ2) is 4.63. The van der Waals surface area contributed by atoms with Crippen LogP contribution in [0.25, 0.3) is 0 Å². The number of rotatable bonds is 2. The van der Waals surface area contributed by atoms with Crippen LogP contribution in [0, 0.1) is 0 Å². The molecule has 1 saturated heterocycles. The van der Waals surface area contributed by atoms with E-state index in [0.29, 0.717) is 17.9 Å². The molecule has 1 aromatic carbocycles. The van der Waals surface area contributed by atoms with E-state index >= 15 is 0 Å². The molecular weight excluding hydrogens is 218 g/mol. The summed E-state index contributed by atoms with van der Waals surface area (Å²) in [5.74, 6) is -0.460. The Morgan fingerprint density at radius 3 is 2.88 bits per heavy atom. The van der Waals surface area contributed by atoms with Gasteiger partial charge >= 0.3 is 0 Å². The van der Waals surface area contributed by atoms with Gasteiger partial charge in [0.15, 0.2) is 0 Å². The molecule has 0 spiro atoms. The Kier molecular flexibility index (Phi) is 3.19. The van der Waals surface area contributed by atoms with Crippen LogP contribution < -0.4 is 16.4 Å². The fraction of sp³-hybridized carbons (Fsp3) is 0.417. The van der Waals surface area contributed by atoms with E-state index in [4.69, 9.17) is 16.2 Å². The molecule has 2 rings (SSSR count). The van der Waals surface area contributed by atoms with Crippen molar-refractivity contribution in [3.05, 3.63) is 23.8 Å². The van der Waals surface area contributed by atoms with Crippen LogP contribution in [0.4, 0.5) is 11.4 Å². The van der Waals surface area contributed by atoms with Crippen molar-refractivity contribution in [3.63, 3.8) is 0 Å². The minimum absolute atomic E-state index is 0.193. The lowest BCUT2D eigenvalue weighted by Crippen LogP contribution is -2.41. The molecule has 1 amide bonds. The predicted molar refractivity (Wildman–Crippen MR) is 67.0 cm³/mol. The van der Waals surface area contributed by atoms with Crippen molar-refractivity contribution >= 4 is 17.3 Å². The van der Waals surface area contributed by atoms with E-state index in [1.54, 1.807) is 12.1 Å². The summed E-state index contributed by atoms with van der Waals surface area (Å²) in [5, 5.41) is 0. The highest BCUT2D eigenvalue weighted by Gasteiger charge is 2.19. The first-order valence-electron chi connectivity index (χ1n) is 5.64. The highest BCUT2D eigenvalue weighted by molar-refractivity contribution is 5.94. The Balaban J connectivity index is 2.23. The second-order valence-electron chi connectivity index (χ2n) is 4.27. The number of hydrogen-bond donors (Lipinski definition) is 2. The largest absolute Gasteiger partial charge is 0.397 e. The summed E-state index contributed by atoms with van der Waals surface area (Å²) in [7, 11) is 0. The van der Waals surface area contributed by atoms with Crippen molar-refractivity contribution in [2.45, 2.75) is 13.0 Å². The van der Waals surface area contributed by atoms with E-state index in [2.05, 4.69) is 4.90 Å². The molecule has 5 heteroatoms. The SMILES string of the molecule is CC1CN(c2ccc(C(N)=O)cc2N)CCO1. The van der Waals surface area contributed by atoms with Crippen LogP contribution >= 0.6 is 0 Å². The normalized spacial score (nSPS) is 20.3. The number of primary amides is 1. The molecule has 1 unspecified atom stereocenters. The molecule has 1 aliphatic rings. The van der Waals surface area contributed by atoms with E-state index in [-0.39, 0.29) is 6.10 Å². The summed E-state index contributed by atoms with van der Waals surface area (Å²) in [6.45, 7) is 4.34.